The maximum Gasteiger partial charge on any atom is 0.303 e. The first kappa shape index (κ1) is 16.4. The first-order chi connectivity index (χ1) is 9.28. The molecule has 0 unspecified atom stereocenters. The zero-order valence-electron chi connectivity index (χ0n) is 11.2. The van der Waals surface area contributed by atoms with E-state index >= 15 is 0 Å². The van der Waals surface area contributed by atoms with Gasteiger partial charge in [-0.15, -0.1) is 0 Å². The molecule has 0 bridgehead atoms. The molecule has 0 saturated carbocycles. The summed E-state index contributed by atoms with van der Waals surface area (Å²) in [6, 6.07) is 3.21. The van der Waals surface area contributed by atoms with Gasteiger partial charge in [-0.05, 0) is 24.6 Å². The lowest BCUT2D eigenvalue weighted by Crippen LogP contribution is -2.28. The van der Waals surface area contributed by atoms with Gasteiger partial charge in [-0.25, -0.2) is 17.1 Å². The lowest BCUT2D eigenvalue weighted by molar-refractivity contribution is -0.137. The summed E-state index contributed by atoms with van der Waals surface area (Å²) in [5.41, 5.74) is 0. The molecule has 0 aliphatic heterocycles. The molecule has 0 fully saturated rings. The lowest BCUT2D eigenvalue weighted by atomic mass is 10.3. The molecule has 0 radical (unpaired) electrons. The van der Waals surface area contributed by atoms with E-state index in [1.165, 1.54) is 20.2 Å². The van der Waals surface area contributed by atoms with Crippen LogP contribution in [0.2, 0.25) is 0 Å². The average molecular weight is 305 g/mol. The minimum atomic E-state index is -3.93. The Bertz CT molecular complexity index is 588. The highest BCUT2D eigenvalue weighted by atomic mass is 32.2. The number of halogens is 1. The Hall–Kier alpha value is -1.67. The van der Waals surface area contributed by atoms with Gasteiger partial charge in [0, 0.05) is 20.0 Å². The van der Waals surface area contributed by atoms with Crippen LogP contribution in [0, 0.1) is 5.82 Å². The van der Waals surface area contributed by atoms with Crippen molar-refractivity contribution in [2.45, 2.75) is 17.7 Å². The number of methoxy groups -OCH3 is 1. The Balaban J connectivity index is 2.98. The number of sulfonamides is 1. The van der Waals surface area contributed by atoms with Crippen LogP contribution in [0.1, 0.15) is 12.8 Å². The van der Waals surface area contributed by atoms with Crippen LogP contribution in [0.25, 0.3) is 0 Å². The minimum Gasteiger partial charge on any atom is -0.495 e. The van der Waals surface area contributed by atoms with E-state index in [1.807, 2.05) is 0 Å². The summed E-state index contributed by atoms with van der Waals surface area (Å²) in [7, 11) is -1.33. The molecular formula is C12H16FNO5S. The first-order valence-corrected chi connectivity index (χ1v) is 7.24. The van der Waals surface area contributed by atoms with Gasteiger partial charge in [-0.3, -0.25) is 4.79 Å². The number of aliphatic carboxylic acids is 1. The third kappa shape index (κ3) is 3.91. The Labute approximate surface area is 116 Å². The van der Waals surface area contributed by atoms with Crippen molar-refractivity contribution in [1.82, 2.24) is 4.31 Å². The van der Waals surface area contributed by atoms with Crippen LogP contribution in [0.15, 0.2) is 23.1 Å². The van der Waals surface area contributed by atoms with Crippen molar-refractivity contribution in [2.24, 2.45) is 0 Å². The minimum absolute atomic E-state index is 0.0221. The fraction of sp³-hybridized carbons (Fsp3) is 0.417. The zero-order valence-corrected chi connectivity index (χ0v) is 12.0. The molecule has 1 aromatic rings. The average Bonchev–Trinajstić information content (AvgIpc) is 2.38. The molecule has 0 saturated heterocycles. The van der Waals surface area contributed by atoms with E-state index in [1.54, 1.807) is 0 Å². The fourth-order valence-corrected chi connectivity index (χ4v) is 2.97. The van der Waals surface area contributed by atoms with Crippen molar-refractivity contribution < 1.29 is 27.4 Å². The number of rotatable bonds is 7. The van der Waals surface area contributed by atoms with E-state index < -0.39 is 21.8 Å². The topological polar surface area (TPSA) is 83.9 Å². The summed E-state index contributed by atoms with van der Waals surface area (Å²) < 4.78 is 43.7. The SMILES string of the molecule is COc1ccc(F)cc1S(=O)(=O)N(C)CCCC(=O)O. The van der Waals surface area contributed by atoms with Gasteiger partial charge in [-0.2, -0.15) is 0 Å². The van der Waals surface area contributed by atoms with Crippen molar-refractivity contribution in [3.8, 4) is 5.75 Å². The van der Waals surface area contributed by atoms with Crippen LogP contribution < -0.4 is 4.74 Å². The summed E-state index contributed by atoms with van der Waals surface area (Å²) in [6.45, 7) is 0.0221. The van der Waals surface area contributed by atoms with Crippen molar-refractivity contribution in [3.63, 3.8) is 0 Å². The largest absolute Gasteiger partial charge is 0.495 e. The first-order valence-electron chi connectivity index (χ1n) is 5.80. The second-order valence-electron chi connectivity index (χ2n) is 4.12. The summed E-state index contributed by atoms with van der Waals surface area (Å²) in [5, 5.41) is 8.53. The fourth-order valence-electron chi connectivity index (χ4n) is 1.59. The van der Waals surface area contributed by atoms with Crippen LogP contribution in [0.5, 0.6) is 5.75 Å². The highest BCUT2D eigenvalue weighted by molar-refractivity contribution is 7.89. The molecule has 0 aliphatic carbocycles. The molecule has 1 rings (SSSR count). The van der Waals surface area contributed by atoms with Gasteiger partial charge in [0.05, 0.1) is 7.11 Å². The second-order valence-corrected chi connectivity index (χ2v) is 6.13. The van der Waals surface area contributed by atoms with Gasteiger partial charge in [-0.1, -0.05) is 0 Å². The standard InChI is InChI=1S/C12H16FNO5S/c1-14(7-3-4-12(15)16)20(17,18)11-8-9(13)5-6-10(11)19-2/h5-6,8H,3-4,7H2,1-2H3,(H,15,16). The van der Waals surface area contributed by atoms with Crippen molar-refractivity contribution >= 4 is 16.0 Å². The van der Waals surface area contributed by atoms with E-state index in [9.17, 15) is 17.6 Å². The second kappa shape index (κ2) is 6.67. The Morgan fingerprint density at radius 2 is 2.10 bits per heavy atom. The number of carboxylic acid groups (broad SMARTS) is 1. The summed E-state index contributed by atoms with van der Waals surface area (Å²) in [5.74, 6) is -1.65. The molecule has 112 valence electrons. The summed E-state index contributed by atoms with van der Waals surface area (Å²) >= 11 is 0. The molecule has 6 nitrogen and oxygen atoms in total. The molecular weight excluding hydrogens is 289 g/mol. The van der Waals surface area contributed by atoms with Crippen LogP contribution in [0.4, 0.5) is 4.39 Å². The maximum atomic E-state index is 13.2. The van der Waals surface area contributed by atoms with E-state index in [4.69, 9.17) is 9.84 Å². The molecule has 0 aliphatic rings. The van der Waals surface area contributed by atoms with Gasteiger partial charge in [0.25, 0.3) is 0 Å². The quantitative estimate of drug-likeness (QED) is 0.821. The van der Waals surface area contributed by atoms with Gasteiger partial charge in [0.2, 0.25) is 10.0 Å². The number of carbonyl (C=O) groups is 1. The van der Waals surface area contributed by atoms with Gasteiger partial charge in [0.1, 0.15) is 16.5 Å². The number of hydrogen-bond donors (Lipinski definition) is 1. The Morgan fingerprint density at radius 1 is 1.45 bits per heavy atom. The highest BCUT2D eigenvalue weighted by Gasteiger charge is 2.25. The van der Waals surface area contributed by atoms with Crippen molar-refractivity contribution in [1.29, 1.82) is 0 Å². The summed E-state index contributed by atoms with van der Waals surface area (Å²) in [6.07, 6.45) is 0.0306. The molecule has 1 N–H and O–H groups in total. The molecule has 0 atom stereocenters. The molecule has 0 amide bonds. The normalized spacial score (nSPS) is 11.6. The lowest BCUT2D eigenvalue weighted by Gasteiger charge is -2.18. The molecule has 8 heteroatoms. The highest BCUT2D eigenvalue weighted by Crippen LogP contribution is 2.26. The predicted molar refractivity (Wildman–Crippen MR) is 69.6 cm³/mol. The van der Waals surface area contributed by atoms with Crippen molar-refractivity contribution in [2.75, 3.05) is 20.7 Å². The van der Waals surface area contributed by atoms with Gasteiger partial charge >= 0.3 is 5.97 Å². The van der Waals surface area contributed by atoms with Gasteiger partial charge < -0.3 is 9.84 Å². The zero-order chi connectivity index (χ0) is 15.3. The number of ether oxygens (including phenoxy) is 1. The third-order valence-electron chi connectivity index (χ3n) is 2.68. The Kier molecular flexibility index (Phi) is 5.46. The number of carboxylic acids is 1. The number of nitrogens with zero attached hydrogens (tertiary/aromatic N) is 1. The molecule has 0 aromatic heterocycles. The van der Waals surface area contributed by atoms with E-state index in [0.717, 1.165) is 16.4 Å². The molecule has 20 heavy (non-hydrogen) atoms. The predicted octanol–water partition coefficient (Wildman–Crippen LogP) is 1.32. The van der Waals surface area contributed by atoms with E-state index in [2.05, 4.69) is 0 Å². The van der Waals surface area contributed by atoms with Crippen molar-refractivity contribution in [3.05, 3.63) is 24.0 Å². The molecule has 0 heterocycles. The number of hydrogen-bond acceptors (Lipinski definition) is 4. The molecule has 0 spiro atoms. The number of benzene rings is 1. The maximum absolute atomic E-state index is 13.2. The summed E-state index contributed by atoms with van der Waals surface area (Å²) in [4.78, 5) is 10.1. The third-order valence-corrected chi connectivity index (χ3v) is 4.56. The van der Waals surface area contributed by atoms with Crippen LogP contribution in [0.3, 0.4) is 0 Å². The van der Waals surface area contributed by atoms with E-state index in [0.29, 0.717) is 0 Å². The Morgan fingerprint density at radius 3 is 2.65 bits per heavy atom. The van der Waals surface area contributed by atoms with Crippen LogP contribution in [-0.2, 0) is 14.8 Å². The van der Waals surface area contributed by atoms with Gasteiger partial charge in [0.15, 0.2) is 0 Å². The monoisotopic (exact) mass is 305 g/mol. The van der Waals surface area contributed by atoms with E-state index in [-0.39, 0.29) is 30.0 Å². The smallest absolute Gasteiger partial charge is 0.303 e. The van der Waals surface area contributed by atoms with Crippen LogP contribution >= 0.6 is 0 Å². The van der Waals surface area contributed by atoms with Crippen LogP contribution in [-0.4, -0.2) is 44.5 Å². The molecule has 1 aromatic carbocycles.